The maximum absolute atomic E-state index is 12.4. The molecule has 134 valence electrons. The van der Waals surface area contributed by atoms with Crippen LogP contribution in [0, 0.1) is 0 Å². The van der Waals surface area contributed by atoms with E-state index in [1.54, 1.807) is 32.0 Å². The van der Waals surface area contributed by atoms with Crippen molar-refractivity contribution in [1.29, 1.82) is 0 Å². The van der Waals surface area contributed by atoms with E-state index in [1.165, 1.54) is 28.6 Å². The van der Waals surface area contributed by atoms with Gasteiger partial charge in [0.05, 0.1) is 4.90 Å². The summed E-state index contributed by atoms with van der Waals surface area (Å²) in [6.07, 6.45) is 0. The largest absolute Gasteiger partial charge is 0.322 e. The van der Waals surface area contributed by atoms with E-state index in [2.05, 4.69) is 5.32 Å². The minimum Gasteiger partial charge on any atom is -0.322 e. The van der Waals surface area contributed by atoms with Crippen LogP contribution < -0.4 is 5.32 Å². The van der Waals surface area contributed by atoms with E-state index in [0.717, 1.165) is 0 Å². The molecule has 0 saturated carbocycles. The zero-order chi connectivity index (χ0) is 18.6. The maximum Gasteiger partial charge on any atom is 0.255 e. The minimum atomic E-state index is -3.55. The van der Waals surface area contributed by atoms with Gasteiger partial charge in [0, 0.05) is 34.4 Å². The summed E-state index contributed by atoms with van der Waals surface area (Å²) in [5.41, 5.74) is 0.789. The molecular formula is C17H18Cl2N2O3S. The molecule has 0 radical (unpaired) electrons. The third kappa shape index (κ3) is 4.73. The first-order chi connectivity index (χ1) is 11.8. The van der Waals surface area contributed by atoms with Gasteiger partial charge in [0.1, 0.15) is 0 Å². The van der Waals surface area contributed by atoms with Crippen LogP contribution >= 0.6 is 23.2 Å². The topological polar surface area (TPSA) is 66.5 Å². The molecule has 2 aromatic carbocycles. The summed E-state index contributed by atoms with van der Waals surface area (Å²) in [5, 5.41) is 3.49. The highest BCUT2D eigenvalue weighted by Crippen LogP contribution is 2.23. The first kappa shape index (κ1) is 19.7. The summed E-state index contributed by atoms with van der Waals surface area (Å²) in [4.78, 5) is 12.4. The number of sulfonamides is 1. The number of hydrogen-bond donors (Lipinski definition) is 1. The Balaban J connectivity index is 2.20. The second kappa shape index (κ2) is 8.19. The molecular weight excluding hydrogens is 383 g/mol. The van der Waals surface area contributed by atoms with Gasteiger partial charge in [-0.2, -0.15) is 4.31 Å². The molecule has 0 atom stereocenters. The highest BCUT2D eigenvalue weighted by molar-refractivity contribution is 7.89. The standard InChI is InChI=1S/C17H18Cl2N2O3S/c1-3-21(4-2)25(23,24)16-7-5-12(6-8-16)17(22)20-15-10-13(18)9-14(19)11-15/h5-11H,3-4H2,1-2H3,(H,20,22). The molecule has 0 spiro atoms. The van der Waals surface area contributed by atoms with Crippen LogP contribution in [0.3, 0.4) is 0 Å². The second-order valence-electron chi connectivity index (χ2n) is 5.23. The Morgan fingerprint density at radius 2 is 1.52 bits per heavy atom. The Morgan fingerprint density at radius 1 is 1.00 bits per heavy atom. The van der Waals surface area contributed by atoms with E-state index in [-0.39, 0.29) is 10.8 Å². The average Bonchev–Trinajstić information content (AvgIpc) is 2.55. The number of rotatable bonds is 6. The summed E-state index contributed by atoms with van der Waals surface area (Å²) < 4.78 is 26.2. The quantitative estimate of drug-likeness (QED) is 0.786. The summed E-state index contributed by atoms with van der Waals surface area (Å²) in [6.45, 7) is 4.32. The Kier molecular flexibility index (Phi) is 6.46. The molecule has 8 heteroatoms. The third-order valence-electron chi connectivity index (χ3n) is 3.58. The highest BCUT2D eigenvalue weighted by atomic mass is 35.5. The molecule has 0 saturated heterocycles. The van der Waals surface area contributed by atoms with Gasteiger partial charge in [-0.25, -0.2) is 8.42 Å². The number of hydrogen-bond acceptors (Lipinski definition) is 3. The van der Waals surface area contributed by atoms with Crippen LogP contribution in [0.5, 0.6) is 0 Å². The van der Waals surface area contributed by atoms with Crippen molar-refractivity contribution in [2.75, 3.05) is 18.4 Å². The molecule has 0 bridgehead atoms. The summed E-state index contributed by atoms with van der Waals surface area (Å²) in [7, 11) is -3.55. The number of benzene rings is 2. The van der Waals surface area contributed by atoms with Crippen LogP contribution in [0.4, 0.5) is 5.69 Å². The lowest BCUT2D eigenvalue weighted by Crippen LogP contribution is -2.30. The van der Waals surface area contributed by atoms with Crippen molar-refractivity contribution in [2.45, 2.75) is 18.7 Å². The summed E-state index contributed by atoms with van der Waals surface area (Å²) in [6, 6.07) is 10.5. The fraction of sp³-hybridized carbons (Fsp3) is 0.235. The van der Waals surface area contributed by atoms with Gasteiger partial charge in [0.2, 0.25) is 10.0 Å². The van der Waals surface area contributed by atoms with Gasteiger partial charge in [-0.15, -0.1) is 0 Å². The number of carbonyl (C=O) groups excluding carboxylic acids is 1. The molecule has 0 aliphatic heterocycles. The molecule has 5 nitrogen and oxygen atoms in total. The molecule has 0 aliphatic carbocycles. The van der Waals surface area contributed by atoms with Crippen LogP contribution in [-0.2, 0) is 10.0 Å². The molecule has 25 heavy (non-hydrogen) atoms. The van der Waals surface area contributed by atoms with Gasteiger partial charge >= 0.3 is 0 Å². The van der Waals surface area contributed by atoms with Gasteiger partial charge in [0.25, 0.3) is 5.91 Å². The molecule has 0 unspecified atom stereocenters. The van der Waals surface area contributed by atoms with Crippen LogP contribution in [0.2, 0.25) is 10.0 Å². The predicted molar refractivity (Wildman–Crippen MR) is 101 cm³/mol. The number of anilines is 1. The summed E-state index contributed by atoms with van der Waals surface area (Å²) >= 11 is 11.8. The van der Waals surface area contributed by atoms with Crippen molar-refractivity contribution < 1.29 is 13.2 Å². The average molecular weight is 401 g/mol. The SMILES string of the molecule is CCN(CC)S(=O)(=O)c1ccc(C(=O)Nc2cc(Cl)cc(Cl)c2)cc1. The minimum absolute atomic E-state index is 0.151. The fourth-order valence-corrected chi connectivity index (χ4v) is 4.30. The summed E-state index contributed by atoms with van der Waals surface area (Å²) in [5.74, 6) is -0.384. The molecule has 1 N–H and O–H groups in total. The van der Waals surface area contributed by atoms with Crippen LogP contribution in [0.25, 0.3) is 0 Å². The Hall–Kier alpha value is -1.60. The van der Waals surface area contributed by atoms with Crippen LogP contribution in [0.1, 0.15) is 24.2 Å². The van der Waals surface area contributed by atoms with Crippen molar-refractivity contribution in [3.8, 4) is 0 Å². The molecule has 0 aliphatic rings. The van der Waals surface area contributed by atoms with E-state index in [9.17, 15) is 13.2 Å². The fourth-order valence-electron chi connectivity index (χ4n) is 2.32. The maximum atomic E-state index is 12.4. The molecule has 2 rings (SSSR count). The zero-order valence-corrected chi connectivity index (χ0v) is 16.1. The van der Waals surface area contributed by atoms with E-state index in [4.69, 9.17) is 23.2 Å². The normalized spacial score (nSPS) is 11.6. The van der Waals surface area contributed by atoms with Crippen LogP contribution in [-0.4, -0.2) is 31.7 Å². The Labute approximate surface area is 157 Å². The second-order valence-corrected chi connectivity index (χ2v) is 8.04. The van der Waals surface area contributed by atoms with Crippen LogP contribution in [0.15, 0.2) is 47.4 Å². The van der Waals surface area contributed by atoms with Crippen molar-refractivity contribution in [1.82, 2.24) is 4.31 Å². The number of nitrogens with zero attached hydrogens (tertiary/aromatic N) is 1. The van der Waals surface area contributed by atoms with Crippen molar-refractivity contribution in [2.24, 2.45) is 0 Å². The van der Waals surface area contributed by atoms with E-state index < -0.39 is 10.0 Å². The van der Waals surface area contributed by atoms with Gasteiger partial charge < -0.3 is 5.32 Å². The lowest BCUT2D eigenvalue weighted by Gasteiger charge is -2.18. The van der Waals surface area contributed by atoms with E-state index >= 15 is 0 Å². The number of halogens is 2. The molecule has 0 heterocycles. The van der Waals surface area contributed by atoms with Crippen molar-refractivity contribution in [3.05, 3.63) is 58.1 Å². The van der Waals surface area contributed by atoms with Crippen molar-refractivity contribution >= 4 is 44.8 Å². The smallest absolute Gasteiger partial charge is 0.255 e. The van der Waals surface area contributed by atoms with Gasteiger partial charge in [-0.3, -0.25) is 4.79 Å². The third-order valence-corrected chi connectivity index (χ3v) is 6.08. The first-order valence-electron chi connectivity index (χ1n) is 7.65. The van der Waals surface area contributed by atoms with Gasteiger partial charge in [-0.1, -0.05) is 37.0 Å². The predicted octanol–water partition coefficient (Wildman–Crippen LogP) is 4.28. The monoisotopic (exact) mass is 400 g/mol. The molecule has 2 aromatic rings. The molecule has 0 fully saturated rings. The lowest BCUT2D eigenvalue weighted by molar-refractivity contribution is 0.102. The number of carbonyl (C=O) groups is 1. The number of nitrogens with one attached hydrogen (secondary N) is 1. The lowest BCUT2D eigenvalue weighted by atomic mass is 10.2. The highest BCUT2D eigenvalue weighted by Gasteiger charge is 2.21. The van der Waals surface area contributed by atoms with Crippen molar-refractivity contribution in [3.63, 3.8) is 0 Å². The molecule has 1 amide bonds. The van der Waals surface area contributed by atoms with E-state index in [0.29, 0.717) is 34.4 Å². The number of amides is 1. The Bertz CT molecular complexity index is 844. The van der Waals surface area contributed by atoms with Gasteiger partial charge in [-0.05, 0) is 42.5 Å². The molecule has 0 aromatic heterocycles. The zero-order valence-electron chi connectivity index (χ0n) is 13.8. The van der Waals surface area contributed by atoms with E-state index in [1.807, 2.05) is 0 Å². The van der Waals surface area contributed by atoms with Gasteiger partial charge in [0.15, 0.2) is 0 Å². The Morgan fingerprint density at radius 3 is 2.00 bits per heavy atom. The first-order valence-corrected chi connectivity index (χ1v) is 9.85.